The number of ether oxygens (including phenoxy) is 1. The summed E-state index contributed by atoms with van der Waals surface area (Å²) < 4.78 is 19.2. The van der Waals surface area contributed by atoms with Crippen LogP contribution >= 0.6 is 12.2 Å². The van der Waals surface area contributed by atoms with Gasteiger partial charge < -0.3 is 15.8 Å². The molecule has 1 aliphatic rings. The summed E-state index contributed by atoms with van der Waals surface area (Å²) >= 11 is 4.69. The number of nitrogens with two attached hydrogens (primary N) is 1. The molecule has 4 nitrogen and oxygen atoms in total. The van der Waals surface area contributed by atoms with E-state index in [0.717, 1.165) is 19.6 Å². The highest BCUT2D eigenvalue weighted by atomic mass is 32.1. The highest BCUT2D eigenvalue weighted by Gasteiger charge is 2.11. The normalized spacial score (nSPS) is 15.4. The fourth-order valence-electron chi connectivity index (χ4n) is 2.13. The maximum Gasteiger partial charge on any atom is 0.168 e. The number of hydrogen-bond donors (Lipinski definition) is 2. The van der Waals surface area contributed by atoms with E-state index in [-0.39, 0.29) is 10.9 Å². The van der Waals surface area contributed by atoms with E-state index in [9.17, 15) is 4.39 Å². The van der Waals surface area contributed by atoms with Crippen molar-refractivity contribution >= 4 is 23.0 Å². The quantitative estimate of drug-likeness (QED) is 0.809. The standard InChI is InChI=1S/C13H18FN3OS/c14-11-9-10(16-13(15)19)3-4-12(11)18-8-7-17-5-1-2-6-17/h3-4,9H,1-2,5-8H2,(H3,15,16,19). The number of anilines is 1. The Morgan fingerprint density at radius 1 is 1.42 bits per heavy atom. The Bertz CT molecular complexity index is 450. The Labute approximate surface area is 117 Å². The molecule has 1 heterocycles. The van der Waals surface area contributed by atoms with Crippen molar-refractivity contribution in [2.75, 3.05) is 31.6 Å². The van der Waals surface area contributed by atoms with Gasteiger partial charge >= 0.3 is 0 Å². The second kappa shape index (κ2) is 6.68. The number of halogens is 1. The summed E-state index contributed by atoms with van der Waals surface area (Å²) in [6, 6.07) is 4.59. The first-order valence-corrected chi connectivity index (χ1v) is 6.77. The smallest absolute Gasteiger partial charge is 0.168 e. The van der Waals surface area contributed by atoms with Crippen LogP contribution in [0.1, 0.15) is 12.8 Å². The molecule has 0 saturated carbocycles. The molecule has 0 aliphatic carbocycles. The van der Waals surface area contributed by atoms with Gasteiger partial charge in [0.1, 0.15) is 6.61 Å². The molecule has 1 aromatic rings. The lowest BCUT2D eigenvalue weighted by molar-refractivity contribution is 0.231. The first-order valence-electron chi connectivity index (χ1n) is 6.36. The van der Waals surface area contributed by atoms with Crippen LogP contribution in [-0.4, -0.2) is 36.3 Å². The van der Waals surface area contributed by atoms with E-state index in [1.54, 1.807) is 12.1 Å². The zero-order chi connectivity index (χ0) is 13.7. The molecule has 1 fully saturated rings. The Hall–Kier alpha value is -1.40. The average molecular weight is 283 g/mol. The van der Waals surface area contributed by atoms with Crippen LogP contribution in [0.2, 0.25) is 0 Å². The van der Waals surface area contributed by atoms with Crippen LogP contribution in [0, 0.1) is 5.82 Å². The van der Waals surface area contributed by atoms with Crippen LogP contribution in [0.3, 0.4) is 0 Å². The molecule has 104 valence electrons. The van der Waals surface area contributed by atoms with Gasteiger partial charge in [0.15, 0.2) is 16.7 Å². The van der Waals surface area contributed by atoms with E-state index >= 15 is 0 Å². The number of rotatable bonds is 5. The molecule has 0 bridgehead atoms. The predicted molar refractivity (Wildman–Crippen MR) is 78.0 cm³/mol. The van der Waals surface area contributed by atoms with Gasteiger partial charge in [-0.1, -0.05) is 0 Å². The van der Waals surface area contributed by atoms with Gasteiger partial charge in [0.05, 0.1) is 0 Å². The van der Waals surface area contributed by atoms with Crippen LogP contribution < -0.4 is 15.8 Å². The topological polar surface area (TPSA) is 50.5 Å². The molecule has 1 aliphatic heterocycles. The van der Waals surface area contributed by atoms with Crippen molar-refractivity contribution in [2.24, 2.45) is 5.73 Å². The second-order valence-electron chi connectivity index (χ2n) is 4.53. The molecular formula is C13H18FN3OS. The van der Waals surface area contributed by atoms with Gasteiger partial charge in [0.2, 0.25) is 0 Å². The molecule has 19 heavy (non-hydrogen) atoms. The number of likely N-dealkylation sites (tertiary alicyclic amines) is 1. The van der Waals surface area contributed by atoms with E-state index in [2.05, 4.69) is 10.2 Å². The largest absolute Gasteiger partial charge is 0.489 e. The average Bonchev–Trinajstić information content (AvgIpc) is 2.84. The van der Waals surface area contributed by atoms with Gasteiger partial charge in [-0.05, 0) is 50.3 Å². The fraction of sp³-hybridized carbons (Fsp3) is 0.462. The molecule has 0 radical (unpaired) electrons. The van der Waals surface area contributed by atoms with Crippen molar-refractivity contribution in [3.8, 4) is 5.75 Å². The summed E-state index contributed by atoms with van der Waals surface area (Å²) in [5, 5.41) is 2.79. The van der Waals surface area contributed by atoms with Gasteiger partial charge in [-0.25, -0.2) is 4.39 Å². The number of nitrogens with zero attached hydrogens (tertiary/aromatic N) is 1. The van der Waals surface area contributed by atoms with E-state index in [0.29, 0.717) is 12.3 Å². The first-order chi connectivity index (χ1) is 9.15. The van der Waals surface area contributed by atoms with E-state index < -0.39 is 5.82 Å². The third-order valence-electron chi connectivity index (χ3n) is 3.06. The lowest BCUT2D eigenvalue weighted by Gasteiger charge is -2.15. The lowest BCUT2D eigenvalue weighted by atomic mass is 10.3. The van der Waals surface area contributed by atoms with E-state index in [1.165, 1.54) is 18.9 Å². The summed E-state index contributed by atoms with van der Waals surface area (Å²) in [6.07, 6.45) is 2.49. The summed E-state index contributed by atoms with van der Waals surface area (Å²) in [4.78, 5) is 2.32. The van der Waals surface area contributed by atoms with Gasteiger partial charge in [-0.2, -0.15) is 0 Å². The number of hydrogen-bond acceptors (Lipinski definition) is 3. The molecule has 6 heteroatoms. The summed E-state index contributed by atoms with van der Waals surface area (Å²) in [5.74, 6) is -0.157. The third kappa shape index (κ3) is 4.33. The highest BCUT2D eigenvalue weighted by Crippen LogP contribution is 2.21. The maximum atomic E-state index is 13.7. The Morgan fingerprint density at radius 2 is 2.16 bits per heavy atom. The van der Waals surface area contributed by atoms with Crippen molar-refractivity contribution in [1.82, 2.24) is 4.90 Å². The highest BCUT2D eigenvalue weighted by molar-refractivity contribution is 7.80. The van der Waals surface area contributed by atoms with Crippen molar-refractivity contribution in [2.45, 2.75) is 12.8 Å². The van der Waals surface area contributed by atoms with Crippen molar-refractivity contribution in [3.05, 3.63) is 24.0 Å². The summed E-state index contributed by atoms with van der Waals surface area (Å²) in [6.45, 7) is 3.57. The van der Waals surface area contributed by atoms with Crippen molar-refractivity contribution < 1.29 is 9.13 Å². The van der Waals surface area contributed by atoms with Crippen molar-refractivity contribution in [3.63, 3.8) is 0 Å². The molecule has 0 spiro atoms. The second-order valence-corrected chi connectivity index (χ2v) is 4.97. The molecule has 2 rings (SSSR count). The molecule has 1 aromatic carbocycles. The minimum atomic E-state index is -0.414. The fourth-order valence-corrected chi connectivity index (χ4v) is 2.25. The van der Waals surface area contributed by atoms with Gasteiger partial charge in [0, 0.05) is 18.3 Å². The minimum Gasteiger partial charge on any atom is -0.489 e. The molecular weight excluding hydrogens is 265 g/mol. The monoisotopic (exact) mass is 283 g/mol. The lowest BCUT2D eigenvalue weighted by Crippen LogP contribution is -2.25. The SMILES string of the molecule is NC(=S)Nc1ccc(OCCN2CCCC2)c(F)c1. The van der Waals surface area contributed by atoms with Gasteiger partial charge in [0.25, 0.3) is 0 Å². The van der Waals surface area contributed by atoms with Crippen LogP contribution in [0.15, 0.2) is 18.2 Å². The minimum absolute atomic E-state index is 0.113. The van der Waals surface area contributed by atoms with Gasteiger partial charge in [-0.3, -0.25) is 4.90 Å². The van der Waals surface area contributed by atoms with Crippen LogP contribution in [0.25, 0.3) is 0 Å². The van der Waals surface area contributed by atoms with Crippen LogP contribution in [-0.2, 0) is 0 Å². The summed E-state index contributed by atoms with van der Waals surface area (Å²) in [5.41, 5.74) is 5.85. The number of benzene rings is 1. The summed E-state index contributed by atoms with van der Waals surface area (Å²) in [7, 11) is 0. The van der Waals surface area contributed by atoms with Crippen LogP contribution in [0.5, 0.6) is 5.75 Å². The number of thiocarbonyl (C=S) groups is 1. The zero-order valence-corrected chi connectivity index (χ0v) is 11.5. The van der Waals surface area contributed by atoms with E-state index in [4.69, 9.17) is 22.7 Å². The molecule has 0 aromatic heterocycles. The molecule has 3 N–H and O–H groups in total. The maximum absolute atomic E-state index is 13.7. The Kier molecular flexibility index (Phi) is 4.93. The van der Waals surface area contributed by atoms with E-state index in [1.807, 2.05) is 0 Å². The third-order valence-corrected chi connectivity index (χ3v) is 3.17. The molecule has 0 atom stereocenters. The molecule has 0 amide bonds. The Morgan fingerprint density at radius 3 is 2.79 bits per heavy atom. The molecule has 0 unspecified atom stereocenters. The van der Waals surface area contributed by atoms with Crippen molar-refractivity contribution in [1.29, 1.82) is 0 Å². The Balaban J connectivity index is 1.84. The number of nitrogens with one attached hydrogen (secondary N) is 1. The first kappa shape index (κ1) is 14.0. The predicted octanol–water partition coefficient (Wildman–Crippen LogP) is 1.96. The van der Waals surface area contributed by atoms with Crippen LogP contribution in [0.4, 0.5) is 10.1 Å². The van der Waals surface area contributed by atoms with Gasteiger partial charge in [-0.15, -0.1) is 0 Å². The zero-order valence-electron chi connectivity index (χ0n) is 10.7. The molecule has 1 saturated heterocycles.